The largest absolute Gasteiger partial charge is 0.491 e. The van der Waals surface area contributed by atoms with Crippen molar-refractivity contribution in [3.63, 3.8) is 0 Å². The standard InChI is InChI=1S/C8H8BFO4/c10-7-2-1-5(4-8(11)12)3-6(7)9(13)14/h1-3,13-14H,4H2,(H,11,12). The maximum atomic E-state index is 12.9. The third-order valence-corrected chi connectivity index (χ3v) is 1.69. The quantitative estimate of drug-likeness (QED) is 0.551. The van der Waals surface area contributed by atoms with E-state index in [9.17, 15) is 9.18 Å². The van der Waals surface area contributed by atoms with Crippen LogP contribution in [-0.2, 0) is 11.2 Å². The van der Waals surface area contributed by atoms with Gasteiger partial charge in [0.25, 0.3) is 0 Å². The first-order chi connectivity index (χ1) is 6.50. The van der Waals surface area contributed by atoms with Gasteiger partial charge in [0.05, 0.1) is 6.42 Å². The molecule has 0 radical (unpaired) electrons. The Kier molecular flexibility index (Phi) is 3.21. The lowest BCUT2D eigenvalue weighted by molar-refractivity contribution is -0.136. The monoisotopic (exact) mass is 198 g/mol. The third kappa shape index (κ3) is 2.55. The third-order valence-electron chi connectivity index (χ3n) is 1.69. The molecule has 0 bridgehead atoms. The van der Waals surface area contributed by atoms with Gasteiger partial charge in [0, 0.05) is 5.46 Å². The lowest BCUT2D eigenvalue weighted by Gasteiger charge is -2.03. The molecule has 0 aliphatic carbocycles. The molecule has 1 aromatic rings. The van der Waals surface area contributed by atoms with E-state index in [-0.39, 0.29) is 11.9 Å². The minimum atomic E-state index is -1.93. The highest BCUT2D eigenvalue weighted by Gasteiger charge is 2.17. The number of hydrogen-bond donors (Lipinski definition) is 3. The Hall–Kier alpha value is -1.40. The Labute approximate surface area is 79.8 Å². The summed E-state index contributed by atoms with van der Waals surface area (Å²) in [6, 6.07) is 3.41. The summed E-state index contributed by atoms with van der Waals surface area (Å²) in [5.74, 6) is -1.83. The molecule has 0 aromatic heterocycles. The minimum absolute atomic E-state index is 0.278. The zero-order valence-corrected chi connectivity index (χ0v) is 7.14. The Morgan fingerprint density at radius 2 is 2.07 bits per heavy atom. The van der Waals surface area contributed by atoms with E-state index in [0.29, 0.717) is 5.56 Å². The van der Waals surface area contributed by atoms with Crippen LogP contribution >= 0.6 is 0 Å². The molecule has 1 rings (SSSR count). The second-order valence-corrected chi connectivity index (χ2v) is 2.80. The van der Waals surface area contributed by atoms with Crippen LogP contribution in [0.3, 0.4) is 0 Å². The van der Waals surface area contributed by atoms with Gasteiger partial charge in [0.2, 0.25) is 0 Å². The van der Waals surface area contributed by atoms with Crippen LogP contribution in [0.25, 0.3) is 0 Å². The van der Waals surface area contributed by atoms with Crippen LogP contribution in [0.1, 0.15) is 5.56 Å². The lowest BCUT2D eigenvalue weighted by Crippen LogP contribution is -2.33. The van der Waals surface area contributed by atoms with Gasteiger partial charge in [-0.3, -0.25) is 4.79 Å². The molecule has 0 fully saturated rings. The summed E-state index contributed by atoms with van der Waals surface area (Å²) in [6.07, 6.45) is -0.278. The van der Waals surface area contributed by atoms with Gasteiger partial charge in [-0.1, -0.05) is 12.1 Å². The molecular formula is C8H8BFO4. The van der Waals surface area contributed by atoms with E-state index in [1.54, 1.807) is 0 Å². The fraction of sp³-hybridized carbons (Fsp3) is 0.125. The minimum Gasteiger partial charge on any atom is -0.481 e. The summed E-state index contributed by atoms with van der Waals surface area (Å²) in [5, 5.41) is 25.9. The molecule has 0 aliphatic heterocycles. The molecule has 0 unspecified atom stereocenters. The number of aliphatic carboxylic acids is 1. The van der Waals surface area contributed by atoms with Crippen LogP contribution in [-0.4, -0.2) is 28.2 Å². The molecule has 1 aromatic carbocycles. The fourth-order valence-corrected chi connectivity index (χ4v) is 1.08. The lowest BCUT2D eigenvalue weighted by atomic mass is 9.79. The molecule has 6 heteroatoms. The van der Waals surface area contributed by atoms with Crippen molar-refractivity contribution < 1.29 is 24.3 Å². The number of hydrogen-bond acceptors (Lipinski definition) is 3. The number of carboxylic acid groups (broad SMARTS) is 1. The zero-order chi connectivity index (χ0) is 10.7. The molecule has 0 saturated heterocycles. The first-order valence-electron chi connectivity index (χ1n) is 3.87. The van der Waals surface area contributed by atoms with Gasteiger partial charge in [-0.15, -0.1) is 0 Å². The topological polar surface area (TPSA) is 77.8 Å². The zero-order valence-electron chi connectivity index (χ0n) is 7.14. The molecule has 14 heavy (non-hydrogen) atoms. The van der Waals surface area contributed by atoms with Gasteiger partial charge in [-0.25, -0.2) is 4.39 Å². The van der Waals surface area contributed by atoms with Crippen LogP contribution in [0, 0.1) is 5.82 Å². The first kappa shape index (κ1) is 10.7. The molecule has 0 heterocycles. The Morgan fingerprint density at radius 1 is 1.43 bits per heavy atom. The highest BCUT2D eigenvalue weighted by molar-refractivity contribution is 6.58. The van der Waals surface area contributed by atoms with Crippen molar-refractivity contribution in [2.45, 2.75) is 6.42 Å². The van der Waals surface area contributed by atoms with Crippen molar-refractivity contribution in [2.75, 3.05) is 0 Å². The van der Waals surface area contributed by atoms with Gasteiger partial charge in [-0.2, -0.15) is 0 Å². The fourth-order valence-electron chi connectivity index (χ4n) is 1.08. The Morgan fingerprint density at radius 3 is 2.57 bits per heavy atom. The summed E-state index contributed by atoms with van der Waals surface area (Å²) in [6.45, 7) is 0. The van der Waals surface area contributed by atoms with Crippen LogP contribution in [0.2, 0.25) is 0 Å². The molecular weight excluding hydrogens is 190 g/mol. The second kappa shape index (κ2) is 4.21. The maximum Gasteiger partial charge on any atom is 0.491 e. The van der Waals surface area contributed by atoms with Gasteiger partial charge < -0.3 is 15.2 Å². The van der Waals surface area contributed by atoms with Gasteiger partial charge in [0.15, 0.2) is 0 Å². The Balaban J connectivity index is 3.00. The molecule has 0 spiro atoms. The maximum absolute atomic E-state index is 12.9. The molecule has 0 amide bonds. The Bertz CT molecular complexity index is 353. The summed E-state index contributed by atoms with van der Waals surface area (Å²) >= 11 is 0. The van der Waals surface area contributed by atoms with E-state index in [4.69, 9.17) is 15.2 Å². The van der Waals surface area contributed by atoms with Crippen LogP contribution in [0.4, 0.5) is 4.39 Å². The molecule has 0 atom stereocenters. The number of halogens is 1. The van der Waals surface area contributed by atoms with E-state index < -0.39 is 18.9 Å². The van der Waals surface area contributed by atoms with Crippen LogP contribution in [0.15, 0.2) is 18.2 Å². The first-order valence-corrected chi connectivity index (χ1v) is 3.87. The molecule has 0 saturated carbocycles. The molecule has 3 N–H and O–H groups in total. The van der Waals surface area contributed by atoms with E-state index in [0.717, 1.165) is 12.1 Å². The average Bonchev–Trinajstić information content (AvgIpc) is 2.07. The summed E-state index contributed by atoms with van der Waals surface area (Å²) in [5.41, 5.74) is 0.00532. The molecule has 0 aliphatic rings. The average molecular weight is 198 g/mol. The van der Waals surface area contributed by atoms with Crippen LogP contribution in [0.5, 0.6) is 0 Å². The van der Waals surface area contributed by atoms with E-state index in [1.165, 1.54) is 6.07 Å². The van der Waals surface area contributed by atoms with E-state index in [1.807, 2.05) is 0 Å². The number of benzene rings is 1. The highest BCUT2D eigenvalue weighted by atomic mass is 19.1. The van der Waals surface area contributed by atoms with Gasteiger partial charge >= 0.3 is 13.1 Å². The van der Waals surface area contributed by atoms with Crippen molar-refractivity contribution in [1.82, 2.24) is 0 Å². The van der Waals surface area contributed by atoms with Crippen molar-refractivity contribution >= 4 is 18.6 Å². The van der Waals surface area contributed by atoms with Gasteiger partial charge in [0.1, 0.15) is 5.82 Å². The normalized spacial score (nSPS) is 9.93. The predicted molar refractivity (Wildman–Crippen MR) is 47.6 cm³/mol. The number of rotatable bonds is 3. The van der Waals surface area contributed by atoms with Crippen LogP contribution < -0.4 is 5.46 Å². The summed E-state index contributed by atoms with van der Waals surface area (Å²) in [7, 11) is -1.93. The van der Waals surface area contributed by atoms with Gasteiger partial charge in [-0.05, 0) is 11.6 Å². The summed E-state index contributed by atoms with van der Waals surface area (Å²) < 4.78 is 12.9. The number of carboxylic acids is 1. The SMILES string of the molecule is O=C(O)Cc1ccc(F)c(B(O)O)c1. The second-order valence-electron chi connectivity index (χ2n) is 2.80. The molecule has 4 nitrogen and oxygen atoms in total. The van der Waals surface area contributed by atoms with E-state index in [2.05, 4.69) is 0 Å². The van der Waals surface area contributed by atoms with Crippen molar-refractivity contribution in [3.8, 4) is 0 Å². The van der Waals surface area contributed by atoms with Crippen molar-refractivity contribution in [2.24, 2.45) is 0 Å². The number of carbonyl (C=O) groups is 1. The summed E-state index contributed by atoms with van der Waals surface area (Å²) in [4.78, 5) is 10.3. The van der Waals surface area contributed by atoms with Crippen molar-refractivity contribution in [1.29, 1.82) is 0 Å². The highest BCUT2D eigenvalue weighted by Crippen LogP contribution is 2.02. The van der Waals surface area contributed by atoms with Crippen molar-refractivity contribution in [3.05, 3.63) is 29.6 Å². The molecule has 74 valence electrons. The predicted octanol–water partition coefficient (Wildman–Crippen LogP) is -0.867. The van der Waals surface area contributed by atoms with E-state index >= 15 is 0 Å². The smallest absolute Gasteiger partial charge is 0.481 e.